The summed E-state index contributed by atoms with van der Waals surface area (Å²) in [4.78, 5) is 24.7. The van der Waals surface area contributed by atoms with Crippen molar-refractivity contribution in [2.75, 3.05) is 64.4 Å². The number of hydrogen-bond acceptors (Lipinski definition) is 10. The molecule has 0 amide bonds. The second kappa shape index (κ2) is 10.6. The smallest absolute Gasteiger partial charge is 0.335 e. The number of nitrogens with one attached hydrogen (secondary N) is 1. The van der Waals surface area contributed by atoms with E-state index in [1.807, 2.05) is 12.3 Å². The molecule has 0 atom stereocenters. The Kier molecular flexibility index (Phi) is 7.13. The van der Waals surface area contributed by atoms with Gasteiger partial charge in [-0.15, -0.1) is 0 Å². The van der Waals surface area contributed by atoms with Crippen molar-refractivity contribution in [3.8, 4) is 11.4 Å². The Hall–Kier alpha value is -3.19. The van der Waals surface area contributed by atoms with Crippen LogP contribution in [0.25, 0.3) is 33.5 Å². The van der Waals surface area contributed by atoms with Crippen molar-refractivity contribution in [1.29, 1.82) is 0 Å². The highest BCUT2D eigenvalue weighted by atomic mass is 32.1. The third-order valence-electron chi connectivity index (χ3n) is 6.36. The van der Waals surface area contributed by atoms with Crippen molar-refractivity contribution in [3.05, 3.63) is 36.4 Å². The number of aromatic amines is 1. The normalized spacial score (nSPS) is 17.5. The first-order valence-electron chi connectivity index (χ1n) is 11.5. The molecule has 3 aromatic heterocycles. The van der Waals surface area contributed by atoms with Gasteiger partial charge in [0, 0.05) is 61.9 Å². The number of aromatic nitrogens is 4. The van der Waals surface area contributed by atoms with Crippen LogP contribution in [-0.4, -0.2) is 97.7 Å². The van der Waals surface area contributed by atoms with Crippen molar-refractivity contribution in [2.45, 2.75) is 6.54 Å². The number of ether oxygens (including phenoxy) is 1. The lowest BCUT2D eigenvalue weighted by Crippen LogP contribution is -2.43. The molecule has 0 spiro atoms. The Morgan fingerprint density at radius 3 is 2.54 bits per heavy atom. The molecule has 11 nitrogen and oxygen atoms in total. The van der Waals surface area contributed by atoms with Crippen LogP contribution in [0.4, 0.5) is 5.82 Å². The Morgan fingerprint density at radius 2 is 1.77 bits per heavy atom. The van der Waals surface area contributed by atoms with E-state index >= 15 is 0 Å². The third-order valence-corrected chi connectivity index (χ3v) is 6.36. The largest absolute Gasteiger partial charge is 0.434 e. The molecule has 12 heteroatoms. The van der Waals surface area contributed by atoms with Gasteiger partial charge < -0.3 is 23.9 Å². The van der Waals surface area contributed by atoms with Gasteiger partial charge in [-0.1, -0.05) is 0 Å². The Morgan fingerprint density at radius 1 is 1.00 bits per heavy atom. The van der Waals surface area contributed by atoms with E-state index in [-0.39, 0.29) is 0 Å². The molecule has 2 aliphatic heterocycles. The summed E-state index contributed by atoms with van der Waals surface area (Å²) in [7, 11) is 2.16. The predicted molar refractivity (Wildman–Crippen MR) is 132 cm³/mol. The molecule has 35 heavy (non-hydrogen) atoms. The Balaban J connectivity index is 0.000000806. The quantitative estimate of drug-likeness (QED) is 0.446. The third kappa shape index (κ3) is 5.25. The number of morpholine rings is 1. The molecule has 184 valence electrons. The van der Waals surface area contributed by atoms with Crippen LogP contribution in [0.2, 0.25) is 0 Å². The highest BCUT2D eigenvalue weighted by Gasteiger charge is 2.24. The minimum absolute atomic E-state index is 0.620. The average molecular weight is 498 g/mol. The topological polar surface area (TPSA) is 121 Å². The lowest BCUT2D eigenvalue weighted by molar-refractivity contribution is 0.122. The summed E-state index contributed by atoms with van der Waals surface area (Å²) in [6, 6.07) is 8.29. The molecule has 1 aromatic carbocycles. The summed E-state index contributed by atoms with van der Waals surface area (Å²) >= 11 is -0.750. The molecule has 2 aliphatic rings. The molecule has 4 aromatic rings. The molecule has 6 rings (SSSR count). The fraction of sp³-hybridized carbons (Fsp3) is 0.435. The van der Waals surface area contributed by atoms with E-state index < -0.39 is 11.6 Å². The van der Waals surface area contributed by atoms with Crippen LogP contribution < -0.4 is 4.90 Å². The Labute approximate surface area is 205 Å². The molecular formula is C23H27N7O4S. The first-order valence-corrected chi connectivity index (χ1v) is 12.2. The van der Waals surface area contributed by atoms with Crippen molar-refractivity contribution in [1.82, 2.24) is 29.7 Å². The van der Waals surface area contributed by atoms with Crippen LogP contribution in [0, 0.1) is 0 Å². The zero-order chi connectivity index (χ0) is 24.2. The first kappa shape index (κ1) is 23.5. The fourth-order valence-corrected chi connectivity index (χ4v) is 4.43. The maximum absolute atomic E-state index is 8.29. The number of oxazole rings is 1. The van der Waals surface area contributed by atoms with E-state index in [0.29, 0.717) is 42.7 Å². The maximum atomic E-state index is 8.29. The molecule has 5 heterocycles. The van der Waals surface area contributed by atoms with Crippen LogP contribution in [0.1, 0.15) is 5.89 Å². The van der Waals surface area contributed by atoms with E-state index in [9.17, 15) is 0 Å². The van der Waals surface area contributed by atoms with Gasteiger partial charge in [0.1, 0.15) is 0 Å². The van der Waals surface area contributed by atoms with E-state index in [1.165, 1.54) is 0 Å². The number of nitrogens with zero attached hydrogens (tertiary/aromatic N) is 6. The van der Waals surface area contributed by atoms with Gasteiger partial charge in [0.25, 0.3) is 0 Å². The maximum Gasteiger partial charge on any atom is 0.335 e. The Bertz CT molecular complexity index is 1340. The summed E-state index contributed by atoms with van der Waals surface area (Å²) < 4.78 is 28.4. The number of benzene rings is 1. The van der Waals surface area contributed by atoms with Gasteiger partial charge in [-0.25, -0.2) is 9.97 Å². The van der Waals surface area contributed by atoms with E-state index in [4.69, 9.17) is 32.5 Å². The predicted octanol–water partition coefficient (Wildman–Crippen LogP) is 1.68. The van der Waals surface area contributed by atoms with Gasteiger partial charge in [0.05, 0.1) is 19.8 Å². The molecule has 2 fully saturated rings. The minimum Gasteiger partial charge on any atom is -0.434 e. The van der Waals surface area contributed by atoms with Crippen LogP contribution in [0.5, 0.6) is 0 Å². The summed E-state index contributed by atoms with van der Waals surface area (Å²) in [6.45, 7) is 7.75. The summed E-state index contributed by atoms with van der Waals surface area (Å²) in [5.74, 6) is 2.17. The monoisotopic (exact) mass is 497 g/mol. The van der Waals surface area contributed by atoms with Crippen LogP contribution in [0.3, 0.4) is 0 Å². The number of anilines is 1. The van der Waals surface area contributed by atoms with Gasteiger partial charge in [-0.2, -0.15) is 13.4 Å². The molecule has 0 radical (unpaired) electrons. The van der Waals surface area contributed by atoms with Gasteiger partial charge in [-0.3, -0.25) is 4.90 Å². The van der Waals surface area contributed by atoms with E-state index in [2.05, 4.69) is 44.9 Å². The zero-order valence-corrected chi connectivity index (χ0v) is 20.3. The highest BCUT2D eigenvalue weighted by molar-refractivity contribution is 7.51. The first-order chi connectivity index (χ1) is 17.1. The van der Waals surface area contributed by atoms with Crippen molar-refractivity contribution in [3.63, 3.8) is 0 Å². The zero-order valence-electron chi connectivity index (χ0n) is 19.5. The average Bonchev–Trinajstić information content (AvgIpc) is 3.52. The standard InChI is InChI=1S/C23H27N7O2.O2S/c1-28-6-8-29(9-7-28)15-19-25-22-20(32-19)23(30-10-12-31-13-11-30)27-21(26-22)17-2-3-18-16(14-17)4-5-24-18;1-3-2/h2-5,14,24H,6-13,15H2,1H3;. The lowest BCUT2D eigenvalue weighted by Gasteiger charge is -2.31. The number of H-pyrrole nitrogens is 1. The highest BCUT2D eigenvalue weighted by Crippen LogP contribution is 2.30. The number of rotatable bonds is 4. The molecule has 0 saturated carbocycles. The van der Waals surface area contributed by atoms with Crippen molar-refractivity contribution in [2.24, 2.45) is 0 Å². The van der Waals surface area contributed by atoms with Crippen LogP contribution in [0.15, 0.2) is 34.9 Å². The molecule has 1 N–H and O–H groups in total. The number of hydrogen-bond donors (Lipinski definition) is 1. The van der Waals surface area contributed by atoms with Gasteiger partial charge in [0.15, 0.2) is 11.6 Å². The van der Waals surface area contributed by atoms with Gasteiger partial charge in [0.2, 0.25) is 17.1 Å². The number of piperazine rings is 1. The summed E-state index contributed by atoms with van der Waals surface area (Å²) in [6.07, 6.45) is 1.94. The fourth-order valence-electron chi connectivity index (χ4n) is 4.43. The second-order valence-electron chi connectivity index (χ2n) is 8.66. The van der Waals surface area contributed by atoms with Crippen LogP contribution >= 0.6 is 0 Å². The molecule has 0 bridgehead atoms. The lowest BCUT2D eigenvalue weighted by atomic mass is 10.1. The number of fused-ring (bicyclic) bond motifs is 2. The van der Waals surface area contributed by atoms with Gasteiger partial charge >= 0.3 is 11.6 Å². The summed E-state index contributed by atoms with van der Waals surface area (Å²) in [5, 5.41) is 1.13. The van der Waals surface area contributed by atoms with E-state index in [1.54, 1.807) is 0 Å². The number of likely N-dealkylation sites (N-methyl/N-ethyl adjacent to an activating group) is 1. The summed E-state index contributed by atoms with van der Waals surface area (Å²) in [5.41, 5.74) is 3.36. The SMILES string of the molecule is CN1CCN(Cc2nc3nc(-c4ccc5[nH]ccc5c4)nc(N4CCOCC4)c3o2)CC1.O=S=O. The molecule has 0 unspecified atom stereocenters. The van der Waals surface area contributed by atoms with Crippen molar-refractivity contribution < 1.29 is 17.6 Å². The molecule has 0 aliphatic carbocycles. The van der Waals surface area contributed by atoms with Crippen LogP contribution in [-0.2, 0) is 22.9 Å². The van der Waals surface area contributed by atoms with Gasteiger partial charge in [-0.05, 0) is 31.3 Å². The minimum atomic E-state index is -0.750. The molecular weight excluding hydrogens is 470 g/mol. The van der Waals surface area contributed by atoms with Crippen molar-refractivity contribution >= 4 is 39.5 Å². The van der Waals surface area contributed by atoms with E-state index in [0.717, 1.165) is 61.6 Å². The molecule has 2 saturated heterocycles. The second-order valence-corrected chi connectivity index (χ2v) is 8.79.